The van der Waals surface area contributed by atoms with Gasteiger partial charge in [0.2, 0.25) is 0 Å². The maximum atomic E-state index is 12.6. The first-order chi connectivity index (χ1) is 8.95. The molecule has 1 saturated carbocycles. The van der Waals surface area contributed by atoms with E-state index in [1.54, 1.807) is 11.8 Å². The van der Waals surface area contributed by atoms with Crippen molar-refractivity contribution in [1.82, 2.24) is 0 Å². The molecule has 2 aliphatic rings. The molecular formula is C15H23ClO2S. The fourth-order valence-corrected chi connectivity index (χ4v) is 5.67. The van der Waals surface area contributed by atoms with Gasteiger partial charge in [0.25, 0.3) is 0 Å². The van der Waals surface area contributed by atoms with E-state index < -0.39 is 10.9 Å². The molecule has 4 heteroatoms. The lowest BCUT2D eigenvalue weighted by atomic mass is 9.68. The summed E-state index contributed by atoms with van der Waals surface area (Å²) in [7, 11) is 0. The number of thioether (sulfide) groups is 1. The molecule has 3 atom stereocenters. The van der Waals surface area contributed by atoms with Gasteiger partial charge in [0.1, 0.15) is 4.75 Å². The molecule has 1 N–H and O–H groups in total. The summed E-state index contributed by atoms with van der Waals surface area (Å²) in [6.07, 6.45) is 2.82. The maximum Gasteiger partial charge on any atom is 0.152 e. The van der Waals surface area contributed by atoms with Crippen LogP contribution in [-0.2, 0) is 4.79 Å². The van der Waals surface area contributed by atoms with Crippen LogP contribution in [0.25, 0.3) is 0 Å². The molecule has 0 aromatic rings. The average molecular weight is 303 g/mol. The van der Waals surface area contributed by atoms with E-state index in [0.29, 0.717) is 12.3 Å². The summed E-state index contributed by atoms with van der Waals surface area (Å²) in [5, 5.41) is 10.7. The highest BCUT2D eigenvalue weighted by Crippen LogP contribution is 2.58. The van der Waals surface area contributed by atoms with Crippen molar-refractivity contribution in [1.29, 1.82) is 0 Å². The largest absolute Gasteiger partial charge is 0.391 e. The van der Waals surface area contributed by atoms with Gasteiger partial charge in [0.15, 0.2) is 5.78 Å². The third-order valence-corrected chi connectivity index (χ3v) is 6.33. The van der Waals surface area contributed by atoms with Crippen molar-refractivity contribution >= 4 is 29.1 Å². The summed E-state index contributed by atoms with van der Waals surface area (Å²) in [5.41, 5.74) is 1.31. The second-order valence-electron chi connectivity index (χ2n) is 5.97. The Morgan fingerprint density at radius 3 is 2.79 bits per heavy atom. The van der Waals surface area contributed by atoms with Crippen LogP contribution in [0.1, 0.15) is 46.5 Å². The van der Waals surface area contributed by atoms with E-state index in [1.807, 2.05) is 13.8 Å². The minimum absolute atomic E-state index is 0.0974. The number of alkyl halides is 1. The number of halogens is 1. The summed E-state index contributed by atoms with van der Waals surface area (Å²) in [4.78, 5) is 13.8. The standard InChI is InChI=1S/C15H23ClO2S/c1-9(2)14(18)15-12(5-4-6-13(15)17)11(7-8-16)10(3)19-15/h9,12,14,18H,4-8H2,1-3H3/t12?,14-,15+/m0/s1. The van der Waals surface area contributed by atoms with Crippen LogP contribution in [0.15, 0.2) is 10.5 Å². The van der Waals surface area contributed by atoms with Gasteiger partial charge in [-0.3, -0.25) is 4.79 Å². The van der Waals surface area contributed by atoms with Crippen LogP contribution in [0.3, 0.4) is 0 Å². The van der Waals surface area contributed by atoms with Crippen LogP contribution >= 0.6 is 23.4 Å². The first kappa shape index (κ1) is 15.4. The number of Topliss-reactive ketones (excluding diaryl/α,β-unsaturated/α-hetero) is 1. The Balaban J connectivity index is 2.41. The lowest BCUT2D eigenvalue weighted by molar-refractivity contribution is -0.128. The number of hydrogen-bond donors (Lipinski definition) is 1. The van der Waals surface area contributed by atoms with Gasteiger partial charge < -0.3 is 5.11 Å². The summed E-state index contributed by atoms with van der Waals surface area (Å²) >= 11 is 7.52. The predicted molar refractivity (Wildman–Crippen MR) is 81.6 cm³/mol. The molecule has 2 nitrogen and oxygen atoms in total. The molecule has 1 unspecified atom stereocenters. The third kappa shape index (κ3) is 2.38. The van der Waals surface area contributed by atoms with E-state index in [2.05, 4.69) is 6.92 Å². The Kier molecular flexibility index (Phi) is 4.69. The first-order valence-corrected chi connectivity index (χ1v) is 8.46. The molecule has 108 valence electrons. The zero-order valence-electron chi connectivity index (χ0n) is 11.9. The summed E-state index contributed by atoms with van der Waals surface area (Å²) in [6.45, 7) is 6.06. The van der Waals surface area contributed by atoms with Crippen LogP contribution < -0.4 is 0 Å². The lowest BCUT2D eigenvalue weighted by Crippen LogP contribution is -2.55. The topological polar surface area (TPSA) is 37.3 Å². The fraction of sp³-hybridized carbons (Fsp3) is 0.800. The van der Waals surface area contributed by atoms with Crippen LogP contribution in [-0.4, -0.2) is 27.6 Å². The number of carbonyl (C=O) groups excluding carboxylic acids is 1. The molecule has 0 radical (unpaired) electrons. The maximum absolute atomic E-state index is 12.6. The lowest BCUT2D eigenvalue weighted by Gasteiger charge is -2.43. The highest BCUT2D eigenvalue weighted by atomic mass is 35.5. The van der Waals surface area contributed by atoms with E-state index in [9.17, 15) is 9.90 Å². The monoisotopic (exact) mass is 302 g/mol. The number of hydrogen-bond acceptors (Lipinski definition) is 3. The van der Waals surface area contributed by atoms with Gasteiger partial charge in [0.05, 0.1) is 6.10 Å². The van der Waals surface area contributed by atoms with Gasteiger partial charge in [-0.25, -0.2) is 0 Å². The number of ketones is 1. The van der Waals surface area contributed by atoms with Crippen LogP contribution in [0, 0.1) is 11.8 Å². The molecule has 0 amide bonds. The molecule has 1 heterocycles. The minimum atomic E-state index is -0.627. The van der Waals surface area contributed by atoms with Gasteiger partial charge in [-0.1, -0.05) is 19.4 Å². The zero-order chi connectivity index (χ0) is 14.2. The van der Waals surface area contributed by atoms with Gasteiger partial charge >= 0.3 is 0 Å². The summed E-state index contributed by atoms with van der Waals surface area (Å²) in [6, 6.07) is 0. The number of allylic oxidation sites excluding steroid dienone is 2. The molecule has 2 rings (SSSR count). The van der Waals surface area contributed by atoms with Crippen molar-refractivity contribution in [3.8, 4) is 0 Å². The second-order valence-corrected chi connectivity index (χ2v) is 7.84. The normalized spacial score (nSPS) is 32.9. The zero-order valence-corrected chi connectivity index (χ0v) is 13.5. The SMILES string of the molecule is CC1=C(CCCl)C2CCCC(=O)[C@]2([C@@H](O)C(C)C)S1. The second kappa shape index (κ2) is 5.79. The smallest absolute Gasteiger partial charge is 0.152 e. The Hall–Kier alpha value is 0.01000. The van der Waals surface area contributed by atoms with Gasteiger partial charge in [-0.2, -0.15) is 0 Å². The van der Waals surface area contributed by atoms with E-state index in [0.717, 1.165) is 19.3 Å². The molecule has 0 spiro atoms. The number of aliphatic hydroxyl groups excluding tert-OH is 1. The Morgan fingerprint density at radius 2 is 2.21 bits per heavy atom. The van der Waals surface area contributed by atoms with E-state index in [4.69, 9.17) is 11.6 Å². The fourth-order valence-electron chi connectivity index (χ4n) is 3.57. The minimum Gasteiger partial charge on any atom is -0.391 e. The third-order valence-electron chi connectivity index (χ3n) is 4.48. The summed E-state index contributed by atoms with van der Waals surface area (Å²) < 4.78 is -0.627. The van der Waals surface area contributed by atoms with Crippen molar-refractivity contribution in [2.24, 2.45) is 11.8 Å². The molecule has 0 aromatic carbocycles. The van der Waals surface area contributed by atoms with E-state index in [1.165, 1.54) is 10.5 Å². The molecule has 19 heavy (non-hydrogen) atoms. The van der Waals surface area contributed by atoms with Crippen LogP contribution in [0.4, 0.5) is 0 Å². The molecule has 0 aromatic heterocycles. The molecule has 1 fully saturated rings. The summed E-state index contributed by atoms with van der Waals surface area (Å²) in [5.74, 6) is 1.11. The Morgan fingerprint density at radius 1 is 1.53 bits per heavy atom. The molecular weight excluding hydrogens is 280 g/mol. The average Bonchev–Trinajstić information content (AvgIpc) is 2.65. The highest BCUT2D eigenvalue weighted by Gasteiger charge is 2.58. The number of rotatable bonds is 4. The van der Waals surface area contributed by atoms with Crippen molar-refractivity contribution < 1.29 is 9.90 Å². The quantitative estimate of drug-likeness (QED) is 0.803. The molecule has 0 bridgehead atoms. The van der Waals surface area contributed by atoms with Crippen molar-refractivity contribution in [3.05, 3.63) is 10.5 Å². The molecule has 1 aliphatic heterocycles. The van der Waals surface area contributed by atoms with Gasteiger partial charge in [-0.15, -0.1) is 23.4 Å². The Bertz CT molecular complexity index is 405. The van der Waals surface area contributed by atoms with Crippen LogP contribution in [0.5, 0.6) is 0 Å². The number of aliphatic hydroxyl groups is 1. The first-order valence-electron chi connectivity index (χ1n) is 7.11. The van der Waals surface area contributed by atoms with E-state index >= 15 is 0 Å². The van der Waals surface area contributed by atoms with Crippen molar-refractivity contribution in [2.75, 3.05) is 5.88 Å². The number of carbonyl (C=O) groups is 1. The Labute approximate surface area is 125 Å². The van der Waals surface area contributed by atoms with Crippen LogP contribution in [0.2, 0.25) is 0 Å². The highest BCUT2D eigenvalue weighted by molar-refractivity contribution is 8.05. The van der Waals surface area contributed by atoms with Gasteiger partial charge in [-0.05, 0) is 37.0 Å². The predicted octanol–water partition coefficient (Wildman–Crippen LogP) is 3.76. The van der Waals surface area contributed by atoms with Crippen molar-refractivity contribution in [2.45, 2.75) is 57.3 Å². The van der Waals surface area contributed by atoms with Gasteiger partial charge in [0, 0.05) is 18.2 Å². The van der Waals surface area contributed by atoms with E-state index in [-0.39, 0.29) is 17.6 Å². The number of fused-ring (bicyclic) bond motifs is 1. The van der Waals surface area contributed by atoms with Crippen molar-refractivity contribution in [3.63, 3.8) is 0 Å². The molecule has 1 aliphatic carbocycles. The molecule has 0 saturated heterocycles.